The van der Waals surface area contributed by atoms with Crippen LogP contribution in [-0.2, 0) is 6.42 Å². The summed E-state index contributed by atoms with van der Waals surface area (Å²) in [6.45, 7) is 0. The number of anilines is 1. The van der Waals surface area contributed by atoms with Gasteiger partial charge in [-0.25, -0.2) is 4.98 Å². The van der Waals surface area contributed by atoms with Crippen molar-refractivity contribution in [3.05, 3.63) is 64.4 Å². The van der Waals surface area contributed by atoms with Crippen molar-refractivity contribution in [3.63, 3.8) is 0 Å². The van der Waals surface area contributed by atoms with Gasteiger partial charge in [-0.05, 0) is 23.6 Å². The topological polar surface area (TPSA) is 62.8 Å². The molecule has 100 valence electrons. The van der Waals surface area contributed by atoms with Crippen LogP contribution in [0.4, 0.5) is 5.69 Å². The molecular weight excluding hydrogens is 270 g/mol. The van der Waals surface area contributed by atoms with Crippen LogP contribution in [0.25, 0.3) is 6.08 Å². The number of fused-ring (bicyclic) bond motifs is 1. The van der Waals surface area contributed by atoms with Crippen LogP contribution >= 0.6 is 11.6 Å². The second kappa shape index (κ2) is 5.10. The summed E-state index contributed by atoms with van der Waals surface area (Å²) in [6, 6.07) is 9.89. The van der Waals surface area contributed by atoms with Crippen LogP contribution in [0.1, 0.15) is 16.7 Å². The van der Waals surface area contributed by atoms with Crippen LogP contribution in [0.5, 0.6) is 0 Å². The number of benzene rings is 1. The lowest BCUT2D eigenvalue weighted by atomic mass is 9.84. The molecule has 1 aromatic carbocycles. The van der Waals surface area contributed by atoms with E-state index in [0.717, 1.165) is 6.42 Å². The third kappa shape index (κ3) is 2.32. The van der Waals surface area contributed by atoms with Crippen LogP contribution in [0, 0.1) is 11.3 Å². The first-order chi connectivity index (χ1) is 9.65. The summed E-state index contributed by atoms with van der Waals surface area (Å²) in [5.74, 6) is 0.0191. The lowest BCUT2D eigenvalue weighted by molar-refractivity contribution is 0.834. The van der Waals surface area contributed by atoms with Gasteiger partial charge in [0.05, 0.1) is 11.9 Å². The van der Waals surface area contributed by atoms with Gasteiger partial charge in [-0.15, -0.1) is 0 Å². The zero-order valence-electron chi connectivity index (χ0n) is 10.8. The molecule has 0 amide bonds. The van der Waals surface area contributed by atoms with Gasteiger partial charge in [-0.3, -0.25) is 0 Å². The van der Waals surface area contributed by atoms with Crippen LogP contribution in [0.2, 0.25) is 5.15 Å². The normalized spacial score (nSPS) is 16.8. The van der Waals surface area contributed by atoms with Gasteiger partial charge in [0.2, 0.25) is 0 Å². The average Bonchev–Trinajstić information content (AvgIpc) is 2.48. The second-order valence-electron chi connectivity index (χ2n) is 4.88. The summed E-state index contributed by atoms with van der Waals surface area (Å²) in [5.41, 5.74) is 10.0. The number of halogens is 1. The number of nitrogens with one attached hydrogen (secondary N) is 1. The molecule has 4 heteroatoms. The highest BCUT2D eigenvalue weighted by Crippen LogP contribution is 2.27. The summed E-state index contributed by atoms with van der Waals surface area (Å²) in [5, 5.41) is 8.75. The van der Waals surface area contributed by atoms with Gasteiger partial charge in [0.15, 0.2) is 0 Å². The Morgan fingerprint density at radius 2 is 2.15 bits per heavy atom. The number of pyridine rings is 1. The van der Waals surface area contributed by atoms with Crippen molar-refractivity contribution in [2.75, 3.05) is 5.73 Å². The number of nitrogens with zero attached hydrogens (tertiary/aromatic N) is 1. The van der Waals surface area contributed by atoms with Gasteiger partial charge in [0.25, 0.3) is 0 Å². The summed E-state index contributed by atoms with van der Waals surface area (Å²) >= 11 is 5.90. The van der Waals surface area contributed by atoms with E-state index in [4.69, 9.17) is 22.7 Å². The Kier molecular flexibility index (Phi) is 3.28. The monoisotopic (exact) mass is 283 g/mol. The van der Waals surface area contributed by atoms with E-state index in [1.54, 1.807) is 6.07 Å². The molecule has 1 atom stereocenters. The highest BCUT2D eigenvalue weighted by molar-refractivity contribution is 6.30. The standard InChI is InChI=1S/C16H14ClN3/c17-15-8-13(14(18)9-20-15)16(19)12-6-5-10-3-1-2-4-11(10)7-12/h1-6,8-9,12,19H,7,18H2. The molecule has 1 unspecified atom stereocenters. The minimum absolute atomic E-state index is 0.0191. The molecule has 1 aliphatic carbocycles. The smallest absolute Gasteiger partial charge is 0.129 e. The third-order valence-electron chi connectivity index (χ3n) is 3.57. The number of hydrogen-bond acceptors (Lipinski definition) is 3. The maximum atomic E-state index is 8.39. The van der Waals surface area contributed by atoms with Gasteiger partial charge in [0.1, 0.15) is 5.15 Å². The number of nitrogens with two attached hydrogens (primary N) is 1. The van der Waals surface area contributed by atoms with Crippen LogP contribution < -0.4 is 5.73 Å². The third-order valence-corrected chi connectivity index (χ3v) is 3.77. The number of nitrogen functional groups attached to an aromatic ring is 1. The minimum Gasteiger partial charge on any atom is -0.397 e. The van der Waals surface area contributed by atoms with Crippen molar-refractivity contribution >= 4 is 29.1 Å². The van der Waals surface area contributed by atoms with Crippen molar-refractivity contribution in [1.29, 1.82) is 5.41 Å². The SMILES string of the molecule is N=C(c1cc(Cl)ncc1N)C1C=Cc2ccccc2C1. The predicted molar refractivity (Wildman–Crippen MR) is 83.2 cm³/mol. The van der Waals surface area contributed by atoms with Crippen molar-refractivity contribution in [1.82, 2.24) is 4.98 Å². The number of aromatic nitrogens is 1. The quantitative estimate of drug-likeness (QED) is 0.654. The number of hydrogen-bond donors (Lipinski definition) is 2. The van der Waals surface area contributed by atoms with E-state index in [1.165, 1.54) is 17.3 Å². The van der Waals surface area contributed by atoms with Crippen molar-refractivity contribution < 1.29 is 0 Å². The summed E-state index contributed by atoms with van der Waals surface area (Å²) < 4.78 is 0. The minimum atomic E-state index is 0.0191. The fourth-order valence-electron chi connectivity index (χ4n) is 2.48. The molecule has 1 aromatic heterocycles. The van der Waals surface area contributed by atoms with Gasteiger partial charge in [-0.2, -0.15) is 0 Å². The first kappa shape index (κ1) is 12.9. The van der Waals surface area contributed by atoms with Crippen molar-refractivity contribution in [2.45, 2.75) is 6.42 Å². The van der Waals surface area contributed by atoms with Gasteiger partial charge in [-0.1, -0.05) is 48.0 Å². The maximum absolute atomic E-state index is 8.39. The van der Waals surface area contributed by atoms with Gasteiger partial charge in [0, 0.05) is 17.2 Å². The molecule has 0 radical (unpaired) electrons. The van der Waals surface area contributed by atoms with E-state index in [0.29, 0.717) is 22.1 Å². The molecule has 0 saturated heterocycles. The Morgan fingerprint density at radius 1 is 1.35 bits per heavy atom. The zero-order valence-corrected chi connectivity index (χ0v) is 11.6. The Labute approximate surface area is 122 Å². The summed E-state index contributed by atoms with van der Waals surface area (Å²) in [7, 11) is 0. The molecule has 1 aliphatic rings. The molecule has 3 rings (SSSR count). The van der Waals surface area contributed by atoms with Crippen LogP contribution in [-0.4, -0.2) is 10.7 Å². The molecule has 0 saturated carbocycles. The maximum Gasteiger partial charge on any atom is 0.129 e. The van der Waals surface area contributed by atoms with E-state index in [-0.39, 0.29) is 5.92 Å². The van der Waals surface area contributed by atoms with Crippen molar-refractivity contribution in [3.8, 4) is 0 Å². The van der Waals surface area contributed by atoms with E-state index >= 15 is 0 Å². The van der Waals surface area contributed by atoms with Crippen molar-refractivity contribution in [2.24, 2.45) is 5.92 Å². The molecule has 3 nitrogen and oxygen atoms in total. The predicted octanol–water partition coefficient (Wildman–Crippen LogP) is 3.57. The molecular formula is C16H14ClN3. The largest absolute Gasteiger partial charge is 0.397 e. The average molecular weight is 284 g/mol. The Bertz CT molecular complexity index is 707. The lowest BCUT2D eigenvalue weighted by Gasteiger charge is -2.21. The molecule has 0 bridgehead atoms. The van der Waals surface area contributed by atoms with E-state index in [2.05, 4.69) is 29.3 Å². The zero-order chi connectivity index (χ0) is 14.1. The van der Waals surface area contributed by atoms with Crippen LogP contribution in [0.3, 0.4) is 0 Å². The van der Waals surface area contributed by atoms with Crippen LogP contribution in [0.15, 0.2) is 42.6 Å². The first-order valence-electron chi connectivity index (χ1n) is 6.41. The fourth-order valence-corrected chi connectivity index (χ4v) is 2.64. The molecule has 0 spiro atoms. The van der Waals surface area contributed by atoms with E-state index in [9.17, 15) is 0 Å². The molecule has 20 heavy (non-hydrogen) atoms. The van der Waals surface area contributed by atoms with E-state index < -0.39 is 0 Å². The molecule has 3 N–H and O–H groups in total. The summed E-state index contributed by atoms with van der Waals surface area (Å²) in [6.07, 6.45) is 6.44. The number of allylic oxidation sites excluding steroid dienone is 1. The molecule has 2 aromatic rings. The lowest BCUT2D eigenvalue weighted by Crippen LogP contribution is -2.19. The molecule has 0 aliphatic heterocycles. The van der Waals surface area contributed by atoms with E-state index in [1.807, 2.05) is 12.1 Å². The Hall–Kier alpha value is -2.13. The highest BCUT2D eigenvalue weighted by Gasteiger charge is 2.20. The first-order valence-corrected chi connectivity index (χ1v) is 6.79. The fraction of sp³-hybridized carbons (Fsp3) is 0.125. The van der Waals surface area contributed by atoms with Gasteiger partial charge >= 0.3 is 0 Å². The highest BCUT2D eigenvalue weighted by atomic mass is 35.5. The Balaban J connectivity index is 1.92. The van der Waals surface area contributed by atoms with Gasteiger partial charge < -0.3 is 11.1 Å². The Morgan fingerprint density at radius 3 is 3.00 bits per heavy atom. The number of rotatable bonds is 2. The molecule has 0 fully saturated rings. The second-order valence-corrected chi connectivity index (χ2v) is 5.26. The summed E-state index contributed by atoms with van der Waals surface area (Å²) in [4.78, 5) is 3.93. The molecule has 1 heterocycles.